The van der Waals surface area contributed by atoms with Crippen LogP contribution in [-0.2, 0) is 0 Å². The van der Waals surface area contributed by atoms with Gasteiger partial charge >= 0.3 is 5.97 Å². The van der Waals surface area contributed by atoms with Gasteiger partial charge in [-0.1, -0.05) is 11.6 Å². The van der Waals surface area contributed by atoms with E-state index in [1.807, 2.05) is 0 Å². The van der Waals surface area contributed by atoms with Gasteiger partial charge in [0, 0.05) is 11.1 Å². The molecule has 0 saturated heterocycles. The van der Waals surface area contributed by atoms with E-state index < -0.39 is 11.8 Å². The lowest BCUT2D eigenvalue weighted by Gasteiger charge is -2.14. The number of aromatic hydroxyl groups is 1. The van der Waals surface area contributed by atoms with Crippen LogP contribution in [0.1, 0.15) is 31.8 Å². The first-order valence-electron chi connectivity index (χ1n) is 6.83. The maximum atomic E-state index is 12.8. The third-order valence-corrected chi connectivity index (χ3v) is 3.92. The summed E-state index contributed by atoms with van der Waals surface area (Å²) in [4.78, 5) is 24.4. The molecule has 0 aliphatic heterocycles. The summed E-state index contributed by atoms with van der Waals surface area (Å²) in [6.07, 6.45) is 0. The first-order chi connectivity index (χ1) is 11.3. The highest BCUT2D eigenvalue weighted by atomic mass is 35.5. The van der Waals surface area contributed by atoms with Crippen molar-refractivity contribution in [2.75, 3.05) is 14.2 Å². The summed E-state index contributed by atoms with van der Waals surface area (Å²) in [5.74, 6) is -2.09. The molecule has 0 aromatic heterocycles. The van der Waals surface area contributed by atoms with Crippen molar-refractivity contribution < 1.29 is 29.3 Å². The van der Waals surface area contributed by atoms with E-state index in [9.17, 15) is 19.8 Å². The highest BCUT2D eigenvalue weighted by Gasteiger charge is 2.26. The first kappa shape index (κ1) is 17.6. The molecule has 0 unspecified atom stereocenters. The van der Waals surface area contributed by atoms with Crippen molar-refractivity contribution in [1.82, 2.24) is 0 Å². The summed E-state index contributed by atoms with van der Waals surface area (Å²) in [5.41, 5.74) is -0.0178. The van der Waals surface area contributed by atoms with E-state index in [0.717, 1.165) is 0 Å². The Morgan fingerprint density at radius 2 is 1.71 bits per heavy atom. The first-order valence-corrected chi connectivity index (χ1v) is 7.21. The topological polar surface area (TPSA) is 93.1 Å². The van der Waals surface area contributed by atoms with Gasteiger partial charge in [-0.05, 0) is 30.7 Å². The summed E-state index contributed by atoms with van der Waals surface area (Å²) in [6.45, 7) is 1.67. The van der Waals surface area contributed by atoms with Crippen LogP contribution in [-0.4, -0.2) is 36.2 Å². The van der Waals surface area contributed by atoms with Gasteiger partial charge in [0.15, 0.2) is 0 Å². The maximum absolute atomic E-state index is 12.8. The van der Waals surface area contributed by atoms with E-state index in [4.69, 9.17) is 21.1 Å². The number of carbonyl (C=O) groups is 2. The lowest BCUT2D eigenvalue weighted by molar-refractivity contribution is 0.0691. The van der Waals surface area contributed by atoms with Crippen LogP contribution in [0.4, 0.5) is 0 Å². The smallest absolute Gasteiger partial charge is 0.336 e. The number of hydrogen-bond acceptors (Lipinski definition) is 5. The third-order valence-electron chi connectivity index (χ3n) is 3.51. The number of rotatable bonds is 5. The molecule has 126 valence electrons. The Morgan fingerprint density at radius 3 is 2.25 bits per heavy atom. The van der Waals surface area contributed by atoms with E-state index in [-0.39, 0.29) is 39.0 Å². The van der Waals surface area contributed by atoms with Gasteiger partial charge in [0.25, 0.3) is 0 Å². The summed E-state index contributed by atoms with van der Waals surface area (Å²) < 4.78 is 10.2. The molecule has 0 atom stereocenters. The molecule has 0 aliphatic rings. The van der Waals surface area contributed by atoms with Gasteiger partial charge in [0.05, 0.1) is 30.9 Å². The molecular formula is C17H15ClO6. The molecule has 2 N–H and O–H groups in total. The second-order valence-corrected chi connectivity index (χ2v) is 5.41. The molecule has 24 heavy (non-hydrogen) atoms. The van der Waals surface area contributed by atoms with Crippen molar-refractivity contribution in [1.29, 1.82) is 0 Å². The predicted octanol–water partition coefficient (Wildman–Crippen LogP) is 3.30. The Bertz CT molecular complexity index is 828. The lowest BCUT2D eigenvalue weighted by atomic mass is 9.95. The Balaban J connectivity index is 2.73. The van der Waals surface area contributed by atoms with E-state index >= 15 is 0 Å². The fourth-order valence-electron chi connectivity index (χ4n) is 2.25. The average Bonchev–Trinajstić information content (AvgIpc) is 2.56. The van der Waals surface area contributed by atoms with Gasteiger partial charge in [-0.3, -0.25) is 4.79 Å². The number of ether oxygens (including phenoxy) is 2. The predicted molar refractivity (Wildman–Crippen MR) is 87.8 cm³/mol. The molecule has 0 saturated carbocycles. The molecule has 2 aromatic carbocycles. The number of ketones is 1. The summed E-state index contributed by atoms with van der Waals surface area (Å²) in [7, 11) is 2.67. The normalized spacial score (nSPS) is 10.3. The number of carbonyl (C=O) groups excluding carboxylic acids is 1. The molecule has 0 bridgehead atoms. The largest absolute Gasteiger partial charge is 0.507 e. The number of aryl methyl sites for hydroxylation is 1. The molecular weight excluding hydrogens is 336 g/mol. The second kappa shape index (κ2) is 6.80. The summed E-state index contributed by atoms with van der Waals surface area (Å²) >= 11 is 6.01. The van der Waals surface area contributed by atoms with Crippen LogP contribution in [0.2, 0.25) is 5.02 Å². The average molecular weight is 351 g/mol. The van der Waals surface area contributed by atoms with Gasteiger partial charge in [0.1, 0.15) is 17.2 Å². The van der Waals surface area contributed by atoms with Gasteiger partial charge < -0.3 is 19.7 Å². The third kappa shape index (κ3) is 3.14. The van der Waals surface area contributed by atoms with Crippen LogP contribution in [0.5, 0.6) is 17.2 Å². The SMILES string of the molecule is COc1cc(OC)c(C(=O)c2cc(Cl)c(C)cc2O)c(C(=O)O)c1. The van der Waals surface area contributed by atoms with Crippen molar-refractivity contribution in [3.8, 4) is 17.2 Å². The number of aromatic carboxylic acids is 1. The molecule has 6 nitrogen and oxygen atoms in total. The zero-order valence-corrected chi connectivity index (χ0v) is 14.0. The lowest BCUT2D eigenvalue weighted by Crippen LogP contribution is -2.12. The van der Waals surface area contributed by atoms with Crippen LogP contribution in [0, 0.1) is 6.92 Å². The quantitative estimate of drug-likeness (QED) is 0.804. The van der Waals surface area contributed by atoms with E-state index in [0.29, 0.717) is 5.56 Å². The van der Waals surface area contributed by atoms with Crippen molar-refractivity contribution in [3.63, 3.8) is 0 Å². The number of methoxy groups -OCH3 is 2. The van der Waals surface area contributed by atoms with Gasteiger partial charge in [0.2, 0.25) is 5.78 Å². The van der Waals surface area contributed by atoms with Crippen LogP contribution in [0.25, 0.3) is 0 Å². The Kier molecular flexibility index (Phi) is 4.99. The maximum Gasteiger partial charge on any atom is 0.336 e. The molecule has 0 amide bonds. The Morgan fingerprint density at radius 1 is 1.04 bits per heavy atom. The number of phenols is 1. The number of benzene rings is 2. The fourth-order valence-corrected chi connectivity index (χ4v) is 2.42. The molecule has 0 aliphatic carbocycles. The zero-order chi connectivity index (χ0) is 18.0. The van der Waals surface area contributed by atoms with E-state index in [1.54, 1.807) is 6.92 Å². The molecule has 0 fully saturated rings. The van der Waals surface area contributed by atoms with Crippen molar-refractivity contribution in [3.05, 3.63) is 51.5 Å². The highest BCUT2D eigenvalue weighted by molar-refractivity contribution is 6.32. The number of phenolic OH excluding ortho intramolecular Hbond substituents is 1. The molecule has 2 rings (SSSR count). The second-order valence-electron chi connectivity index (χ2n) is 5.01. The minimum absolute atomic E-state index is 0.0212. The minimum atomic E-state index is -1.33. The zero-order valence-electron chi connectivity index (χ0n) is 13.2. The number of carboxylic acid groups (broad SMARTS) is 1. The monoisotopic (exact) mass is 350 g/mol. The molecule has 0 spiro atoms. The van der Waals surface area contributed by atoms with Crippen molar-refractivity contribution in [2.24, 2.45) is 0 Å². The minimum Gasteiger partial charge on any atom is -0.507 e. The van der Waals surface area contributed by atoms with E-state index in [1.165, 1.54) is 38.5 Å². The number of hydrogen-bond donors (Lipinski definition) is 2. The van der Waals surface area contributed by atoms with Crippen molar-refractivity contribution >= 4 is 23.4 Å². The van der Waals surface area contributed by atoms with Gasteiger partial charge in [-0.2, -0.15) is 0 Å². The molecule has 7 heteroatoms. The number of halogens is 1. The Hall–Kier alpha value is -2.73. The van der Waals surface area contributed by atoms with Gasteiger partial charge in [-0.15, -0.1) is 0 Å². The van der Waals surface area contributed by atoms with Crippen LogP contribution in [0.3, 0.4) is 0 Å². The van der Waals surface area contributed by atoms with Crippen LogP contribution >= 0.6 is 11.6 Å². The van der Waals surface area contributed by atoms with Crippen LogP contribution in [0.15, 0.2) is 24.3 Å². The standard InChI is InChI=1S/C17H15ClO6/c1-8-4-13(19)10(7-12(8)18)16(20)15-11(17(21)22)5-9(23-2)6-14(15)24-3/h4-7,19H,1-3H3,(H,21,22). The Labute approximate surface area is 143 Å². The number of carboxylic acids is 1. The van der Waals surface area contributed by atoms with Crippen LogP contribution < -0.4 is 9.47 Å². The van der Waals surface area contributed by atoms with E-state index in [2.05, 4.69) is 0 Å². The molecule has 2 aromatic rings. The van der Waals surface area contributed by atoms with Gasteiger partial charge in [-0.25, -0.2) is 4.79 Å². The summed E-state index contributed by atoms with van der Waals surface area (Å²) in [6, 6.07) is 5.24. The highest BCUT2D eigenvalue weighted by Crippen LogP contribution is 2.34. The molecule has 0 radical (unpaired) electrons. The fraction of sp³-hybridized carbons (Fsp3) is 0.176. The molecule has 0 heterocycles. The summed E-state index contributed by atoms with van der Waals surface area (Å²) in [5, 5.41) is 19.7. The van der Waals surface area contributed by atoms with Crippen molar-refractivity contribution in [2.45, 2.75) is 6.92 Å².